The molecule has 2 aromatic heterocycles. The quantitative estimate of drug-likeness (QED) is 0.800. The maximum Gasteiger partial charge on any atom is 0.224 e. The van der Waals surface area contributed by atoms with Gasteiger partial charge in [0.25, 0.3) is 0 Å². The summed E-state index contributed by atoms with van der Waals surface area (Å²) in [5, 5.41) is 12.8. The predicted octanol–water partition coefficient (Wildman–Crippen LogP) is 0.848. The number of amides is 1. The second-order valence-electron chi connectivity index (χ2n) is 7.13. The zero-order valence-electron chi connectivity index (χ0n) is 15.5. The highest BCUT2D eigenvalue weighted by molar-refractivity contribution is 5.78. The van der Waals surface area contributed by atoms with Crippen LogP contribution in [0.15, 0.2) is 12.4 Å². The molecule has 8 heteroatoms. The van der Waals surface area contributed by atoms with Crippen molar-refractivity contribution in [2.75, 3.05) is 51.7 Å². The monoisotopic (exact) mass is 345 g/mol. The summed E-state index contributed by atoms with van der Waals surface area (Å²) >= 11 is 0. The third-order valence-corrected chi connectivity index (χ3v) is 4.60. The van der Waals surface area contributed by atoms with Gasteiger partial charge in [-0.1, -0.05) is 13.8 Å². The molecule has 3 heterocycles. The van der Waals surface area contributed by atoms with E-state index in [0.717, 1.165) is 43.2 Å². The van der Waals surface area contributed by atoms with Gasteiger partial charge >= 0.3 is 0 Å². The Labute approximate surface area is 148 Å². The number of hydrogen-bond donors (Lipinski definition) is 0. The minimum Gasteiger partial charge on any atom is -0.366 e. The summed E-state index contributed by atoms with van der Waals surface area (Å²) in [6.45, 7) is 8.12. The Hall–Kier alpha value is -2.22. The van der Waals surface area contributed by atoms with Crippen LogP contribution in [-0.2, 0) is 4.79 Å². The van der Waals surface area contributed by atoms with Crippen LogP contribution in [0.3, 0.4) is 0 Å². The summed E-state index contributed by atoms with van der Waals surface area (Å²) in [6, 6.07) is 2.09. The molecule has 0 unspecified atom stereocenters. The fourth-order valence-corrected chi connectivity index (χ4v) is 3.01. The van der Waals surface area contributed by atoms with Gasteiger partial charge in [0.15, 0.2) is 0 Å². The van der Waals surface area contributed by atoms with Crippen molar-refractivity contribution in [1.29, 1.82) is 0 Å². The minimum absolute atomic E-state index is 0.222. The van der Waals surface area contributed by atoms with Gasteiger partial charge in [-0.15, -0.1) is 10.2 Å². The molecule has 0 spiro atoms. The Balaban J connectivity index is 1.83. The van der Waals surface area contributed by atoms with Crippen molar-refractivity contribution >= 4 is 17.2 Å². The van der Waals surface area contributed by atoms with Crippen molar-refractivity contribution in [3.63, 3.8) is 0 Å². The molecule has 1 fully saturated rings. The van der Waals surface area contributed by atoms with E-state index in [1.807, 2.05) is 19.0 Å². The number of anilines is 1. The van der Waals surface area contributed by atoms with Crippen LogP contribution in [0.1, 0.15) is 31.9 Å². The lowest BCUT2D eigenvalue weighted by Crippen LogP contribution is -2.38. The fourth-order valence-electron chi connectivity index (χ4n) is 3.01. The van der Waals surface area contributed by atoms with Crippen molar-refractivity contribution in [3.05, 3.63) is 18.1 Å². The zero-order chi connectivity index (χ0) is 18.0. The number of carbonyl (C=O) groups is 1. The van der Waals surface area contributed by atoms with Gasteiger partial charge in [-0.25, -0.2) is 0 Å². The molecule has 0 saturated carbocycles. The zero-order valence-corrected chi connectivity index (χ0v) is 15.5. The van der Waals surface area contributed by atoms with Gasteiger partial charge in [-0.2, -0.15) is 9.61 Å². The molecule has 0 N–H and O–H groups in total. The molecule has 1 aliphatic heterocycles. The predicted molar refractivity (Wildman–Crippen MR) is 96.8 cm³/mol. The first kappa shape index (κ1) is 17.6. The maximum absolute atomic E-state index is 12.4. The van der Waals surface area contributed by atoms with E-state index in [0.29, 0.717) is 18.9 Å². The molecule has 136 valence electrons. The van der Waals surface area contributed by atoms with E-state index >= 15 is 0 Å². The highest BCUT2D eigenvalue weighted by Crippen LogP contribution is 2.25. The normalized spacial score (nSPS) is 16.3. The van der Waals surface area contributed by atoms with E-state index in [4.69, 9.17) is 0 Å². The number of hydrogen-bond acceptors (Lipinski definition) is 6. The third kappa shape index (κ3) is 3.89. The number of rotatable bonds is 5. The van der Waals surface area contributed by atoms with Gasteiger partial charge in [-0.3, -0.25) is 4.79 Å². The second kappa shape index (κ2) is 7.35. The summed E-state index contributed by atoms with van der Waals surface area (Å²) in [6.07, 6.45) is 2.16. The van der Waals surface area contributed by atoms with Crippen molar-refractivity contribution in [2.24, 2.45) is 0 Å². The SMILES string of the molecule is CC(C)c1cc(N2CCC(=O)N(CCN(C)C)CC2)c2nncn2n1. The number of likely N-dealkylation sites (N-methyl/N-ethyl adjacent to an activating group) is 1. The fraction of sp³-hybridized carbons (Fsp3) is 0.647. The van der Waals surface area contributed by atoms with Crippen molar-refractivity contribution in [3.8, 4) is 0 Å². The average Bonchev–Trinajstić information content (AvgIpc) is 2.96. The molecule has 8 nitrogen and oxygen atoms in total. The minimum atomic E-state index is 0.222. The summed E-state index contributed by atoms with van der Waals surface area (Å²) in [4.78, 5) is 18.7. The van der Waals surface area contributed by atoms with E-state index in [9.17, 15) is 4.79 Å². The van der Waals surface area contributed by atoms with Crippen molar-refractivity contribution in [1.82, 2.24) is 29.6 Å². The van der Waals surface area contributed by atoms with Gasteiger partial charge in [0.2, 0.25) is 11.6 Å². The van der Waals surface area contributed by atoms with Gasteiger partial charge in [0.05, 0.1) is 11.4 Å². The third-order valence-electron chi connectivity index (χ3n) is 4.60. The molecule has 0 aliphatic carbocycles. The molecule has 1 amide bonds. The molecule has 0 aromatic carbocycles. The van der Waals surface area contributed by atoms with E-state index in [-0.39, 0.29) is 5.91 Å². The molecular formula is C17H27N7O. The molecule has 25 heavy (non-hydrogen) atoms. The first-order chi connectivity index (χ1) is 12.0. The smallest absolute Gasteiger partial charge is 0.224 e. The Bertz CT molecular complexity index is 740. The van der Waals surface area contributed by atoms with Crippen molar-refractivity contribution in [2.45, 2.75) is 26.2 Å². The first-order valence-corrected chi connectivity index (χ1v) is 8.84. The van der Waals surface area contributed by atoms with E-state index < -0.39 is 0 Å². The molecule has 2 aromatic rings. The second-order valence-corrected chi connectivity index (χ2v) is 7.13. The number of carbonyl (C=O) groups excluding carboxylic acids is 1. The molecular weight excluding hydrogens is 318 g/mol. The summed E-state index contributed by atoms with van der Waals surface area (Å²) in [5.41, 5.74) is 2.76. The largest absolute Gasteiger partial charge is 0.366 e. The molecule has 1 saturated heterocycles. The summed E-state index contributed by atoms with van der Waals surface area (Å²) in [7, 11) is 4.06. The Morgan fingerprint density at radius 1 is 1.24 bits per heavy atom. The first-order valence-electron chi connectivity index (χ1n) is 8.84. The molecule has 0 radical (unpaired) electrons. The van der Waals surface area contributed by atoms with Crippen LogP contribution < -0.4 is 4.90 Å². The lowest BCUT2D eigenvalue weighted by atomic mass is 10.1. The van der Waals surface area contributed by atoms with Gasteiger partial charge in [0, 0.05) is 39.1 Å². The van der Waals surface area contributed by atoms with Gasteiger partial charge in [-0.05, 0) is 26.1 Å². The lowest BCUT2D eigenvalue weighted by Gasteiger charge is -2.25. The van der Waals surface area contributed by atoms with Crippen molar-refractivity contribution < 1.29 is 4.79 Å². The Morgan fingerprint density at radius 3 is 2.76 bits per heavy atom. The average molecular weight is 345 g/mol. The molecule has 3 rings (SSSR count). The van der Waals surface area contributed by atoms with Crippen LogP contribution in [-0.4, -0.2) is 82.3 Å². The standard InChI is InChI=1S/C17H27N7O/c1-13(2)14-11-15(17-19-18-12-24(17)20-14)22-6-5-16(25)23(10-9-22)8-7-21(3)4/h11-13H,5-10H2,1-4H3. The molecule has 0 atom stereocenters. The maximum atomic E-state index is 12.4. The van der Waals surface area contributed by atoms with Crippen LogP contribution in [0.5, 0.6) is 0 Å². The highest BCUT2D eigenvalue weighted by atomic mass is 16.2. The highest BCUT2D eigenvalue weighted by Gasteiger charge is 2.23. The van der Waals surface area contributed by atoms with E-state index in [2.05, 4.69) is 45.0 Å². The van der Waals surface area contributed by atoms with Crippen LogP contribution in [0.2, 0.25) is 0 Å². The summed E-state index contributed by atoms with van der Waals surface area (Å²) in [5.74, 6) is 0.538. The van der Waals surface area contributed by atoms with Crippen LogP contribution in [0.4, 0.5) is 5.69 Å². The lowest BCUT2D eigenvalue weighted by molar-refractivity contribution is -0.130. The topological polar surface area (TPSA) is 69.9 Å². The van der Waals surface area contributed by atoms with Gasteiger partial charge in [0.1, 0.15) is 6.33 Å². The Kier molecular flexibility index (Phi) is 5.17. The van der Waals surface area contributed by atoms with Crippen LogP contribution in [0, 0.1) is 0 Å². The van der Waals surface area contributed by atoms with Gasteiger partial charge < -0.3 is 14.7 Å². The molecule has 0 bridgehead atoms. The summed E-state index contributed by atoms with van der Waals surface area (Å²) < 4.78 is 1.74. The van der Waals surface area contributed by atoms with Crippen LogP contribution in [0.25, 0.3) is 5.65 Å². The van der Waals surface area contributed by atoms with E-state index in [1.165, 1.54) is 0 Å². The van der Waals surface area contributed by atoms with Crippen LogP contribution >= 0.6 is 0 Å². The van der Waals surface area contributed by atoms with E-state index in [1.54, 1.807) is 10.8 Å². The number of nitrogens with zero attached hydrogens (tertiary/aromatic N) is 7. The Morgan fingerprint density at radius 2 is 2.04 bits per heavy atom. The molecule has 1 aliphatic rings. The number of aromatic nitrogens is 4. The number of fused-ring (bicyclic) bond motifs is 1.